The maximum absolute atomic E-state index is 11.6. The third kappa shape index (κ3) is 3.75. The number of hydrogen-bond donors (Lipinski definition) is 3. The number of amides is 1. The molecule has 0 saturated heterocycles. The molecule has 0 bridgehead atoms. The van der Waals surface area contributed by atoms with Crippen LogP contribution in [0, 0.1) is 6.92 Å². The Morgan fingerprint density at radius 2 is 2.24 bits per heavy atom. The van der Waals surface area contributed by atoms with Gasteiger partial charge in [0.05, 0.1) is 0 Å². The molecule has 0 unspecified atom stereocenters. The number of aromatic hydroxyl groups is 1. The van der Waals surface area contributed by atoms with E-state index >= 15 is 0 Å². The highest BCUT2D eigenvalue weighted by atomic mass is 16.3. The first kappa shape index (κ1) is 11.9. The molecule has 1 aliphatic rings. The van der Waals surface area contributed by atoms with Crippen LogP contribution in [0.5, 0.6) is 5.75 Å². The molecule has 4 nitrogen and oxygen atoms in total. The van der Waals surface area contributed by atoms with Gasteiger partial charge < -0.3 is 15.7 Å². The van der Waals surface area contributed by atoms with E-state index < -0.39 is 0 Å². The highest BCUT2D eigenvalue weighted by Gasteiger charge is 2.20. The van der Waals surface area contributed by atoms with Gasteiger partial charge in [0.2, 0.25) is 5.91 Å². The van der Waals surface area contributed by atoms with Crippen molar-refractivity contribution in [3.8, 4) is 5.75 Å². The highest BCUT2D eigenvalue weighted by molar-refractivity contribution is 5.91. The van der Waals surface area contributed by atoms with Gasteiger partial charge in [0.15, 0.2) is 0 Å². The summed E-state index contributed by atoms with van der Waals surface area (Å²) in [6.07, 6.45) is 2.95. The zero-order valence-electron chi connectivity index (χ0n) is 9.99. The van der Waals surface area contributed by atoms with Gasteiger partial charge in [-0.05, 0) is 43.5 Å². The lowest BCUT2D eigenvalue weighted by Crippen LogP contribution is -2.23. The second-order valence-electron chi connectivity index (χ2n) is 4.53. The van der Waals surface area contributed by atoms with Crippen molar-refractivity contribution in [3.63, 3.8) is 0 Å². The van der Waals surface area contributed by atoms with Crippen LogP contribution in [-0.2, 0) is 4.79 Å². The molecule has 0 atom stereocenters. The zero-order valence-corrected chi connectivity index (χ0v) is 9.99. The minimum absolute atomic E-state index is 0.00300. The van der Waals surface area contributed by atoms with E-state index in [1.165, 1.54) is 12.8 Å². The number of hydrogen-bond acceptors (Lipinski definition) is 3. The minimum atomic E-state index is 0.00300. The fraction of sp³-hybridized carbons (Fsp3) is 0.462. The van der Waals surface area contributed by atoms with Crippen LogP contribution in [0.15, 0.2) is 18.2 Å². The lowest BCUT2D eigenvalue weighted by atomic mass is 10.2. The van der Waals surface area contributed by atoms with E-state index in [9.17, 15) is 9.90 Å². The van der Waals surface area contributed by atoms with Gasteiger partial charge >= 0.3 is 0 Å². The first-order valence-electron chi connectivity index (χ1n) is 5.98. The second-order valence-corrected chi connectivity index (χ2v) is 4.53. The van der Waals surface area contributed by atoms with Crippen molar-refractivity contribution < 1.29 is 9.90 Å². The first-order chi connectivity index (χ1) is 8.15. The smallest absolute Gasteiger partial charge is 0.225 e. The van der Waals surface area contributed by atoms with Crippen LogP contribution in [0.1, 0.15) is 24.8 Å². The molecule has 1 amide bonds. The Hall–Kier alpha value is -1.55. The molecule has 0 heterocycles. The Morgan fingerprint density at radius 3 is 2.88 bits per heavy atom. The summed E-state index contributed by atoms with van der Waals surface area (Å²) in [6, 6.07) is 5.70. The molecule has 4 heteroatoms. The van der Waals surface area contributed by atoms with E-state index in [1.807, 2.05) is 0 Å². The van der Waals surface area contributed by atoms with Crippen LogP contribution in [0.25, 0.3) is 0 Å². The summed E-state index contributed by atoms with van der Waals surface area (Å²) in [7, 11) is 0. The molecule has 1 aromatic rings. The van der Waals surface area contributed by atoms with Crippen LogP contribution in [0.4, 0.5) is 5.69 Å². The van der Waals surface area contributed by atoms with E-state index in [1.54, 1.807) is 25.1 Å². The van der Waals surface area contributed by atoms with Gasteiger partial charge in [-0.25, -0.2) is 0 Å². The number of phenols is 1. The second kappa shape index (κ2) is 5.19. The first-order valence-corrected chi connectivity index (χ1v) is 5.98. The predicted octanol–water partition coefficient (Wildman–Crippen LogP) is 1.78. The molecule has 17 heavy (non-hydrogen) atoms. The van der Waals surface area contributed by atoms with Crippen molar-refractivity contribution in [1.29, 1.82) is 0 Å². The van der Waals surface area contributed by atoms with Crippen molar-refractivity contribution in [2.24, 2.45) is 0 Å². The normalized spacial score (nSPS) is 14.6. The van der Waals surface area contributed by atoms with E-state index in [0.717, 1.165) is 17.8 Å². The van der Waals surface area contributed by atoms with Gasteiger partial charge in [-0.15, -0.1) is 0 Å². The van der Waals surface area contributed by atoms with Crippen molar-refractivity contribution in [1.82, 2.24) is 5.32 Å². The number of benzene rings is 1. The van der Waals surface area contributed by atoms with Gasteiger partial charge in [0, 0.05) is 24.7 Å². The Balaban J connectivity index is 1.77. The molecule has 1 aromatic carbocycles. The molecule has 0 spiro atoms. The van der Waals surface area contributed by atoms with Crippen LogP contribution in [0.2, 0.25) is 0 Å². The fourth-order valence-electron chi connectivity index (χ4n) is 1.63. The Kier molecular flexibility index (Phi) is 3.64. The number of carbonyl (C=O) groups excluding carboxylic acids is 1. The maximum Gasteiger partial charge on any atom is 0.225 e. The number of carbonyl (C=O) groups is 1. The molecule has 1 saturated carbocycles. The Labute approximate surface area is 101 Å². The van der Waals surface area contributed by atoms with E-state index in [-0.39, 0.29) is 11.7 Å². The maximum atomic E-state index is 11.6. The number of rotatable bonds is 5. The molecule has 0 radical (unpaired) electrons. The third-order valence-corrected chi connectivity index (χ3v) is 2.84. The van der Waals surface area contributed by atoms with Gasteiger partial charge in [-0.1, -0.05) is 0 Å². The molecule has 0 aliphatic heterocycles. The monoisotopic (exact) mass is 234 g/mol. The van der Waals surface area contributed by atoms with Gasteiger partial charge in [0.1, 0.15) is 5.75 Å². The van der Waals surface area contributed by atoms with Crippen molar-refractivity contribution in [2.45, 2.75) is 32.2 Å². The molecule has 0 aromatic heterocycles. The van der Waals surface area contributed by atoms with Crippen LogP contribution in [-0.4, -0.2) is 23.6 Å². The lowest BCUT2D eigenvalue weighted by molar-refractivity contribution is -0.116. The average molecular weight is 234 g/mol. The average Bonchev–Trinajstić information content (AvgIpc) is 3.07. The van der Waals surface area contributed by atoms with E-state index in [2.05, 4.69) is 10.6 Å². The lowest BCUT2D eigenvalue weighted by Gasteiger charge is -2.07. The van der Waals surface area contributed by atoms with E-state index in [4.69, 9.17) is 0 Å². The fourth-order valence-corrected chi connectivity index (χ4v) is 1.63. The van der Waals surface area contributed by atoms with E-state index in [0.29, 0.717) is 12.5 Å². The topological polar surface area (TPSA) is 61.4 Å². The molecule has 1 fully saturated rings. The summed E-state index contributed by atoms with van der Waals surface area (Å²) in [5.74, 6) is 0.252. The van der Waals surface area contributed by atoms with Crippen molar-refractivity contribution in [3.05, 3.63) is 23.8 Å². The summed E-state index contributed by atoms with van der Waals surface area (Å²) in [6.45, 7) is 2.53. The number of nitrogens with one attached hydrogen (secondary N) is 2. The highest BCUT2D eigenvalue weighted by Crippen LogP contribution is 2.20. The number of phenolic OH excluding ortho intramolecular Hbond substituents is 1. The molecule has 2 rings (SSSR count). The Bertz CT molecular complexity index is 414. The molecule has 1 aliphatic carbocycles. The zero-order chi connectivity index (χ0) is 12.3. The van der Waals surface area contributed by atoms with Gasteiger partial charge in [-0.3, -0.25) is 4.79 Å². The number of anilines is 1. The van der Waals surface area contributed by atoms with Gasteiger partial charge in [0.25, 0.3) is 0 Å². The molecular formula is C13H18N2O2. The predicted molar refractivity (Wildman–Crippen MR) is 67.1 cm³/mol. The van der Waals surface area contributed by atoms with Crippen LogP contribution in [0.3, 0.4) is 0 Å². The molecule has 92 valence electrons. The van der Waals surface area contributed by atoms with Gasteiger partial charge in [-0.2, -0.15) is 0 Å². The summed E-state index contributed by atoms with van der Waals surface area (Å²) >= 11 is 0. The molecular weight excluding hydrogens is 216 g/mol. The SMILES string of the molecule is Cc1cc(NC(=O)CCNC2CC2)ccc1O. The standard InChI is InChI=1S/C13H18N2O2/c1-9-8-11(4-5-12(9)16)15-13(17)6-7-14-10-2-3-10/h4-5,8,10,14,16H,2-3,6-7H2,1H3,(H,15,17). The summed E-state index contributed by atoms with van der Waals surface area (Å²) in [5, 5.41) is 15.5. The quantitative estimate of drug-likeness (QED) is 0.681. The summed E-state index contributed by atoms with van der Waals surface area (Å²) in [4.78, 5) is 11.6. The summed E-state index contributed by atoms with van der Waals surface area (Å²) < 4.78 is 0. The molecule has 3 N–H and O–H groups in total. The number of aryl methyl sites for hydroxylation is 1. The largest absolute Gasteiger partial charge is 0.508 e. The van der Waals surface area contributed by atoms with Crippen LogP contribution >= 0.6 is 0 Å². The third-order valence-electron chi connectivity index (χ3n) is 2.84. The van der Waals surface area contributed by atoms with Crippen molar-refractivity contribution >= 4 is 11.6 Å². The summed E-state index contributed by atoms with van der Waals surface area (Å²) in [5.41, 5.74) is 1.50. The minimum Gasteiger partial charge on any atom is -0.508 e. The van der Waals surface area contributed by atoms with Crippen molar-refractivity contribution in [2.75, 3.05) is 11.9 Å². The van der Waals surface area contributed by atoms with Crippen LogP contribution < -0.4 is 10.6 Å². The Morgan fingerprint density at radius 1 is 1.47 bits per heavy atom.